The van der Waals surface area contributed by atoms with Crippen LogP contribution in [0.4, 0.5) is 0 Å². The highest BCUT2D eigenvalue weighted by Gasteiger charge is 2.21. The van der Waals surface area contributed by atoms with Crippen LogP contribution in [0.1, 0.15) is 17.5 Å². The summed E-state index contributed by atoms with van der Waals surface area (Å²) in [5.41, 5.74) is 8.04. The van der Waals surface area contributed by atoms with Crippen LogP contribution < -0.4 is 5.73 Å². The molecule has 1 amide bonds. The molecule has 0 unspecified atom stereocenters. The lowest BCUT2D eigenvalue weighted by Crippen LogP contribution is -2.30. The lowest BCUT2D eigenvalue weighted by atomic mass is 10.1. The molecule has 1 saturated heterocycles. The van der Waals surface area contributed by atoms with Gasteiger partial charge in [-0.05, 0) is 30.5 Å². The van der Waals surface area contributed by atoms with E-state index in [4.69, 9.17) is 5.73 Å². The van der Waals surface area contributed by atoms with Crippen LogP contribution in [-0.2, 0) is 4.79 Å². The smallest absolute Gasteiger partial charge is 0.246 e. The number of rotatable bonds is 2. The van der Waals surface area contributed by atoms with E-state index in [9.17, 15) is 4.79 Å². The Morgan fingerprint density at radius 2 is 2.24 bits per heavy atom. The highest BCUT2D eigenvalue weighted by atomic mass is 16.2. The SMILES string of the molecule is Cc1ccccc1/C=C/C(=O)N1CC[C@H](N)C1. The monoisotopic (exact) mass is 230 g/mol. The molecule has 1 aliphatic heterocycles. The van der Waals surface area contributed by atoms with Crippen molar-refractivity contribution in [2.45, 2.75) is 19.4 Å². The fourth-order valence-electron chi connectivity index (χ4n) is 2.03. The molecular formula is C14H18N2O. The Kier molecular flexibility index (Phi) is 3.59. The van der Waals surface area contributed by atoms with Crippen LogP contribution in [0.25, 0.3) is 6.08 Å². The standard InChI is InChI=1S/C14H18N2O/c1-11-4-2-3-5-12(11)6-7-14(17)16-9-8-13(15)10-16/h2-7,13H,8-10,15H2,1H3/b7-6+/t13-/m0/s1. The van der Waals surface area contributed by atoms with Crippen LogP contribution in [0.2, 0.25) is 0 Å². The summed E-state index contributed by atoms with van der Waals surface area (Å²) in [5, 5.41) is 0. The number of carbonyl (C=O) groups is 1. The van der Waals surface area contributed by atoms with E-state index in [-0.39, 0.29) is 11.9 Å². The number of carbonyl (C=O) groups excluding carboxylic acids is 1. The van der Waals surface area contributed by atoms with E-state index in [1.165, 1.54) is 5.56 Å². The minimum absolute atomic E-state index is 0.0567. The van der Waals surface area contributed by atoms with Crippen LogP contribution in [0.5, 0.6) is 0 Å². The molecule has 2 rings (SSSR count). The van der Waals surface area contributed by atoms with Crippen LogP contribution >= 0.6 is 0 Å². The van der Waals surface area contributed by atoms with Gasteiger partial charge in [-0.3, -0.25) is 4.79 Å². The average molecular weight is 230 g/mol. The van der Waals surface area contributed by atoms with E-state index in [2.05, 4.69) is 0 Å². The van der Waals surface area contributed by atoms with Crippen LogP contribution in [0, 0.1) is 6.92 Å². The largest absolute Gasteiger partial charge is 0.338 e. The summed E-state index contributed by atoms with van der Waals surface area (Å²) < 4.78 is 0. The number of aryl methyl sites for hydroxylation is 1. The Morgan fingerprint density at radius 1 is 1.47 bits per heavy atom. The zero-order valence-corrected chi connectivity index (χ0v) is 10.1. The third kappa shape index (κ3) is 2.94. The molecule has 0 saturated carbocycles. The van der Waals surface area contributed by atoms with E-state index in [0.29, 0.717) is 6.54 Å². The van der Waals surface area contributed by atoms with Crippen LogP contribution in [0.3, 0.4) is 0 Å². The van der Waals surface area contributed by atoms with Crippen LogP contribution in [-0.4, -0.2) is 29.9 Å². The van der Waals surface area contributed by atoms with Crippen molar-refractivity contribution in [3.63, 3.8) is 0 Å². The van der Waals surface area contributed by atoms with Crippen LogP contribution in [0.15, 0.2) is 30.3 Å². The van der Waals surface area contributed by atoms with Gasteiger partial charge in [0.05, 0.1) is 0 Å². The van der Waals surface area contributed by atoms with Gasteiger partial charge in [0.2, 0.25) is 5.91 Å². The first-order valence-electron chi connectivity index (χ1n) is 5.95. The number of amides is 1. The predicted molar refractivity (Wildman–Crippen MR) is 69.4 cm³/mol. The molecule has 1 atom stereocenters. The van der Waals surface area contributed by atoms with Gasteiger partial charge < -0.3 is 10.6 Å². The lowest BCUT2D eigenvalue weighted by Gasteiger charge is -2.12. The molecule has 0 radical (unpaired) electrons. The topological polar surface area (TPSA) is 46.3 Å². The lowest BCUT2D eigenvalue weighted by molar-refractivity contribution is -0.124. The molecule has 3 heteroatoms. The van der Waals surface area contributed by atoms with Crippen molar-refractivity contribution in [1.29, 1.82) is 0 Å². The van der Waals surface area contributed by atoms with Gasteiger partial charge in [0.25, 0.3) is 0 Å². The molecule has 3 nitrogen and oxygen atoms in total. The molecule has 2 N–H and O–H groups in total. The van der Waals surface area contributed by atoms with Gasteiger partial charge in [-0.25, -0.2) is 0 Å². The van der Waals surface area contributed by atoms with Crippen molar-refractivity contribution in [2.24, 2.45) is 5.73 Å². The molecule has 1 fully saturated rings. The summed E-state index contributed by atoms with van der Waals surface area (Å²) in [6, 6.07) is 8.16. The van der Waals surface area contributed by atoms with Crippen molar-refractivity contribution in [3.05, 3.63) is 41.5 Å². The second kappa shape index (κ2) is 5.15. The normalized spacial score (nSPS) is 20.1. The minimum atomic E-state index is 0.0567. The summed E-state index contributed by atoms with van der Waals surface area (Å²) >= 11 is 0. The Hall–Kier alpha value is -1.61. The zero-order valence-electron chi connectivity index (χ0n) is 10.1. The maximum absolute atomic E-state index is 11.9. The Bertz CT molecular complexity index is 440. The van der Waals surface area contributed by atoms with E-state index in [1.807, 2.05) is 37.3 Å². The summed E-state index contributed by atoms with van der Waals surface area (Å²) in [6.07, 6.45) is 4.42. The molecule has 0 bridgehead atoms. The van der Waals surface area contributed by atoms with Crippen molar-refractivity contribution in [2.75, 3.05) is 13.1 Å². The summed E-state index contributed by atoms with van der Waals surface area (Å²) in [4.78, 5) is 13.7. The molecule has 0 aliphatic carbocycles. The summed E-state index contributed by atoms with van der Waals surface area (Å²) in [7, 11) is 0. The quantitative estimate of drug-likeness (QED) is 0.784. The van der Waals surface area contributed by atoms with Crippen molar-refractivity contribution in [1.82, 2.24) is 4.90 Å². The van der Waals surface area contributed by atoms with Crippen molar-refractivity contribution < 1.29 is 4.79 Å². The first kappa shape index (κ1) is 11.9. The number of nitrogens with zero attached hydrogens (tertiary/aromatic N) is 1. The van der Waals surface area contributed by atoms with E-state index >= 15 is 0 Å². The van der Waals surface area contributed by atoms with E-state index in [0.717, 1.165) is 18.5 Å². The predicted octanol–water partition coefficient (Wildman–Crippen LogP) is 1.57. The van der Waals surface area contributed by atoms with Gasteiger partial charge in [0, 0.05) is 25.2 Å². The Balaban J connectivity index is 2.01. The first-order chi connectivity index (χ1) is 8.16. The summed E-state index contributed by atoms with van der Waals surface area (Å²) in [5.74, 6) is 0.0567. The number of benzene rings is 1. The van der Waals surface area contributed by atoms with Crippen molar-refractivity contribution in [3.8, 4) is 0 Å². The number of nitrogens with two attached hydrogens (primary N) is 1. The number of likely N-dealkylation sites (tertiary alicyclic amines) is 1. The summed E-state index contributed by atoms with van der Waals surface area (Å²) in [6.45, 7) is 3.49. The van der Waals surface area contributed by atoms with E-state index in [1.54, 1.807) is 11.0 Å². The number of hydrogen-bond donors (Lipinski definition) is 1. The zero-order chi connectivity index (χ0) is 12.3. The molecule has 1 aliphatic rings. The molecule has 0 aromatic heterocycles. The third-order valence-electron chi connectivity index (χ3n) is 3.13. The van der Waals surface area contributed by atoms with Gasteiger partial charge in [-0.15, -0.1) is 0 Å². The molecular weight excluding hydrogens is 212 g/mol. The molecule has 1 heterocycles. The van der Waals surface area contributed by atoms with Gasteiger partial charge in [0.1, 0.15) is 0 Å². The molecule has 17 heavy (non-hydrogen) atoms. The number of hydrogen-bond acceptors (Lipinski definition) is 2. The molecule has 0 spiro atoms. The fourth-order valence-corrected chi connectivity index (χ4v) is 2.03. The highest BCUT2D eigenvalue weighted by molar-refractivity contribution is 5.92. The first-order valence-corrected chi connectivity index (χ1v) is 5.95. The molecule has 1 aromatic rings. The maximum Gasteiger partial charge on any atom is 0.246 e. The minimum Gasteiger partial charge on any atom is -0.338 e. The third-order valence-corrected chi connectivity index (χ3v) is 3.13. The van der Waals surface area contributed by atoms with Gasteiger partial charge in [-0.2, -0.15) is 0 Å². The molecule has 90 valence electrons. The van der Waals surface area contributed by atoms with Gasteiger partial charge in [0.15, 0.2) is 0 Å². The Morgan fingerprint density at radius 3 is 2.88 bits per heavy atom. The van der Waals surface area contributed by atoms with Crippen molar-refractivity contribution >= 4 is 12.0 Å². The Labute approximate surface area is 102 Å². The second-order valence-electron chi connectivity index (χ2n) is 4.52. The second-order valence-corrected chi connectivity index (χ2v) is 4.52. The van der Waals surface area contributed by atoms with Gasteiger partial charge >= 0.3 is 0 Å². The maximum atomic E-state index is 11.9. The highest BCUT2D eigenvalue weighted by Crippen LogP contribution is 2.11. The fraction of sp³-hybridized carbons (Fsp3) is 0.357. The van der Waals surface area contributed by atoms with Gasteiger partial charge in [-0.1, -0.05) is 24.3 Å². The van der Waals surface area contributed by atoms with E-state index < -0.39 is 0 Å². The molecule has 1 aromatic carbocycles. The average Bonchev–Trinajstić information content (AvgIpc) is 2.74.